The summed E-state index contributed by atoms with van der Waals surface area (Å²) in [5, 5.41) is 38.3. The van der Waals surface area contributed by atoms with Crippen LogP contribution in [0.2, 0.25) is 0 Å². The number of halogens is 4. The Morgan fingerprint density at radius 2 is 1.03 bits per heavy atom. The van der Waals surface area contributed by atoms with Crippen LogP contribution in [0.25, 0.3) is 33.4 Å². The van der Waals surface area contributed by atoms with Gasteiger partial charge >= 0.3 is 6.36 Å². The van der Waals surface area contributed by atoms with E-state index in [1.165, 1.54) is 24.3 Å². The van der Waals surface area contributed by atoms with E-state index in [-0.39, 0.29) is 27.9 Å². The number of allylic oxidation sites excluding steroid dienone is 2. The molecule has 3 aromatic rings. The predicted molar refractivity (Wildman–Crippen MR) is 118 cm³/mol. The van der Waals surface area contributed by atoms with Crippen molar-refractivity contribution in [3.63, 3.8) is 0 Å². The van der Waals surface area contributed by atoms with E-state index < -0.39 is 17.9 Å². The van der Waals surface area contributed by atoms with E-state index in [0.29, 0.717) is 38.9 Å². The first-order valence-electron chi connectivity index (χ1n) is 10.2. The van der Waals surface area contributed by atoms with Gasteiger partial charge in [0.1, 0.15) is 47.0 Å². The molecule has 0 unspecified atom stereocenters. The van der Waals surface area contributed by atoms with Crippen LogP contribution in [0.15, 0.2) is 59.7 Å². The molecule has 0 spiro atoms. The van der Waals surface area contributed by atoms with Crippen LogP contribution >= 0.6 is 0 Å². The Labute approximate surface area is 201 Å². The molecule has 9 heteroatoms. The lowest BCUT2D eigenvalue weighted by molar-refractivity contribution is -0.274. The van der Waals surface area contributed by atoms with Crippen molar-refractivity contribution in [2.24, 2.45) is 0 Å². The van der Waals surface area contributed by atoms with Crippen LogP contribution in [0.5, 0.6) is 5.75 Å². The van der Waals surface area contributed by atoms with E-state index in [2.05, 4.69) is 4.74 Å². The van der Waals surface area contributed by atoms with Crippen molar-refractivity contribution < 1.29 is 22.3 Å². The first-order valence-corrected chi connectivity index (χ1v) is 10.2. The summed E-state index contributed by atoms with van der Waals surface area (Å²) in [5.41, 5.74) is 3.09. The van der Waals surface area contributed by atoms with E-state index in [1.807, 2.05) is 12.1 Å². The van der Waals surface area contributed by atoms with Crippen LogP contribution in [0.4, 0.5) is 17.6 Å². The highest BCUT2D eigenvalue weighted by Gasteiger charge is 2.35. The summed E-state index contributed by atoms with van der Waals surface area (Å²) < 4.78 is 56.7. The molecule has 0 radical (unpaired) electrons. The molecular formula is C27H8F4N4O. The van der Waals surface area contributed by atoms with Crippen molar-refractivity contribution in [2.45, 2.75) is 6.36 Å². The first-order chi connectivity index (χ1) is 17.2. The van der Waals surface area contributed by atoms with Gasteiger partial charge in [0.15, 0.2) is 0 Å². The molecule has 0 fully saturated rings. The Balaban J connectivity index is 1.86. The van der Waals surface area contributed by atoms with Crippen LogP contribution in [0.3, 0.4) is 0 Å². The molecule has 0 heterocycles. The summed E-state index contributed by atoms with van der Waals surface area (Å²) in [4.78, 5) is 0. The lowest BCUT2D eigenvalue weighted by Crippen LogP contribution is -2.17. The minimum absolute atomic E-state index is 0.0948. The second kappa shape index (κ2) is 7.84. The quantitative estimate of drug-likeness (QED) is 0.204. The van der Waals surface area contributed by atoms with E-state index in [9.17, 15) is 38.6 Å². The van der Waals surface area contributed by atoms with Gasteiger partial charge < -0.3 is 4.74 Å². The van der Waals surface area contributed by atoms with Gasteiger partial charge in [0.25, 0.3) is 0 Å². The van der Waals surface area contributed by atoms with Crippen molar-refractivity contribution in [1.82, 2.24) is 0 Å². The largest absolute Gasteiger partial charge is 0.573 e. The van der Waals surface area contributed by atoms with Crippen LogP contribution < -0.4 is 4.74 Å². The number of ether oxygens (including phenoxy) is 1. The number of alkyl halides is 3. The fraction of sp³-hybridized carbons (Fsp3) is 0.0370. The van der Waals surface area contributed by atoms with Gasteiger partial charge in [-0.25, -0.2) is 4.39 Å². The lowest BCUT2D eigenvalue weighted by atomic mass is 9.93. The molecule has 5 rings (SSSR count). The minimum atomic E-state index is -4.94. The number of benzene rings is 3. The Hall–Kier alpha value is -5.38. The molecule has 170 valence electrons. The summed E-state index contributed by atoms with van der Waals surface area (Å²) in [6, 6.07) is 18.1. The maximum absolute atomic E-state index is 14.1. The Bertz CT molecular complexity index is 1720. The number of fused-ring (bicyclic) bond motifs is 6. The van der Waals surface area contributed by atoms with Crippen molar-refractivity contribution >= 4 is 11.1 Å². The molecule has 36 heavy (non-hydrogen) atoms. The van der Waals surface area contributed by atoms with Crippen molar-refractivity contribution in [3.05, 3.63) is 87.7 Å². The van der Waals surface area contributed by atoms with Crippen LogP contribution in [0.1, 0.15) is 22.3 Å². The molecule has 0 bridgehead atoms. The highest BCUT2D eigenvalue weighted by molar-refractivity contribution is 6.11. The van der Waals surface area contributed by atoms with Gasteiger partial charge in [-0.1, -0.05) is 12.1 Å². The third kappa shape index (κ3) is 3.28. The van der Waals surface area contributed by atoms with E-state index >= 15 is 0 Å². The van der Waals surface area contributed by atoms with Gasteiger partial charge in [0, 0.05) is 11.1 Å². The summed E-state index contributed by atoms with van der Waals surface area (Å²) >= 11 is 0. The normalized spacial score (nSPS) is 12.2. The molecule has 0 amide bonds. The van der Waals surface area contributed by atoms with Crippen molar-refractivity contribution in [3.8, 4) is 52.3 Å². The smallest absolute Gasteiger partial charge is 0.406 e. The summed E-state index contributed by atoms with van der Waals surface area (Å²) in [6.45, 7) is 0. The first kappa shape index (κ1) is 22.4. The van der Waals surface area contributed by atoms with Gasteiger partial charge in [-0.05, 0) is 80.9 Å². The minimum Gasteiger partial charge on any atom is -0.406 e. The Morgan fingerprint density at radius 1 is 0.583 bits per heavy atom. The molecule has 0 N–H and O–H groups in total. The zero-order valence-electron chi connectivity index (χ0n) is 17.8. The van der Waals surface area contributed by atoms with Crippen LogP contribution in [0, 0.1) is 51.1 Å². The third-order valence-corrected chi connectivity index (χ3v) is 5.97. The Morgan fingerprint density at radius 3 is 1.53 bits per heavy atom. The van der Waals surface area contributed by atoms with E-state index in [1.54, 1.807) is 24.3 Å². The highest BCUT2D eigenvalue weighted by Crippen LogP contribution is 2.54. The average molecular weight is 480 g/mol. The third-order valence-electron chi connectivity index (χ3n) is 5.97. The molecule has 0 saturated carbocycles. The van der Waals surface area contributed by atoms with E-state index in [0.717, 1.165) is 12.1 Å². The summed E-state index contributed by atoms with van der Waals surface area (Å²) in [6.07, 6.45) is -4.94. The molecule has 2 aliphatic carbocycles. The van der Waals surface area contributed by atoms with Gasteiger partial charge in [0.2, 0.25) is 0 Å². The second-order valence-electron chi connectivity index (χ2n) is 7.84. The average Bonchev–Trinajstić information content (AvgIpc) is 3.30. The Kier molecular flexibility index (Phi) is 4.88. The maximum Gasteiger partial charge on any atom is 0.573 e. The van der Waals surface area contributed by atoms with Crippen LogP contribution in [-0.2, 0) is 0 Å². The van der Waals surface area contributed by atoms with Gasteiger partial charge in [-0.3, -0.25) is 0 Å². The molecule has 0 aliphatic heterocycles. The molecule has 0 saturated heterocycles. The van der Waals surface area contributed by atoms with Crippen LogP contribution in [-0.4, -0.2) is 6.36 Å². The zero-order chi connectivity index (χ0) is 25.8. The summed E-state index contributed by atoms with van der Waals surface area (Å²) in [7, 11) is 0. The van der Waals surface area contributed by atoms with Crippen molar-refractivity contribution in [1.29, 1.82) is 21.0 Å². The maximum atomic E-state index is 14.1. The number of hydrogen-bond acceptors (Lipinski definition) is 5. The number of nitrogens with zero attached hydrogens (tertiary/aromatic N) is 4. The molecule has 0 atom stereocenters. The molecule has 3 aromatic carbocycles. The fourth-order valence-electron chi connectivity index (χ4n) is 4.68. The highest BCUT2D eigenvalue weighted by atomic mass is 19.4. The molecule has 5 nitrogen and oxygen atoms in total. The summed E-state index contributed by atoms with van der Waals surface area (Å²) in [5.74, 6) is -1.09. The standard InChI is InChI=1S/C27H8F4N4O/c28-15-1-3-17-19-7-20-18-4-2-16(36-27(29,30)31)6-22(18)26(14(11-34)12-35)24(20)8-23(19)25(21(17)5-15)13(9-32)10-33/h1-8H. The fourth-order valence-corrected chi connectivity index (χ4v) is 4.68. The van der Waals surface area contributed by atoms with Gasteiger partial charge in [-0.2, -0.15) is 21.0 Å². The SMILES string of the molecule is N#CC(C#N)=C1c2cc(F)ccc2-c2cc3c(cc21)C(=C(C#N)C#N)c1cc(OC(F)(F)F)ccc1-3. The number of rotatable bonds is 1. The molecular weight excluding hydrogens is 472 g/mol. The molecule has 0 aromatic heterocycles. The number of nitriles is 4. The van der Waals surface area contributed by atoms with Gasteiger partial charge in [0.05, 0.1) is 0 Å². The number of hydrogen-bond donors (Lipinski definition) is 0. The predicted octanol–water partition coefficient (Wildman–Crippen LogP) is 6.38. The van der Waals surface area contributed by atoms with Gasteiger partial charge in [-0.15, -0.1) is 13.2 Å². The molecule has 2 aliphatic rings. The van der Waals surface area contributed by atoms with E-state index in [4.69, 9.17) is 0 Å². The second-order valence-corrected chi connectivity index (χ2v) is 7.84. The zero-order valence-corrected chi connectivity index (χ0v) is 17.8. The van der Waals surface area contributed by atoms with Crippen molar-refractivity contribution in [2.75, 3.05) is 0 Å². The lowest BCUT2D eigenvalue weighted by Gasteiger charge is -2.10. The topological polar surface area (TPSA) is 104 Å². The monoisotopic (exact) mass is 480 g/mol.